The highest BCUT2D eigenvalue weighted by Gasteiger charge is 2.25. The molecule has 14 heavy (non-hydrogen) atoms. The number of aromatic nitrogens is 2. The minimum Gasteiger partial charge on any atom is -0.480 e. The summed E-state index contributed by atoms with van der Waals surface area (Å²) in [7, 11) is 0. The molecule has 0 radical (unpaired) electrons. The fourth-order valence-corrected chi connectivity index (χ4v) is 2.09. The summed E-state index contributed by atoms with van der Waals surface area (Å²) in [5.41, 5.74) is 3.38. The summed E-state index contributed by atoms with van der Waals surface area (Å²) in [6.07, 6.45) is 2.19. The van der Waals surface area contributed by atoms with Gasteiger partial charge in [-0.1, -0.05) is 6.92 Å². The van der Waals surface area contributed by atoms with Crippen molar-refractivity contribution >= 4 is 5.97 Å². The molecular weight excluding hydrogens is 180 g/mol. The normalized spacial score (nSPS) is 19.7. The quantitative estimate of drug-likeness (QED) is 0.772. The van der Waals surface area contributed by atoms with Gasteiger partial charge in [0.05, 0.1) is 5.69 Å². The van der Waals surface area contributed by atoms with Crippen molar-refractivity contribution in [3.05, 3.63) is 17.0 Å². The zero-order valence-electron chi connectivity index (χ0n) is 8.45. The van der Waals surface area contributed by atoms with Gasteiger partial charge in [0, 0.05) is 11.6 Å². The van der Waals surface area contributed by atoms with Crippen molar-refractivity contribution in [3.8, 4) is 0 Å². The monoisotopic (exact) mass is 194 g/mol. The molecule has 4 nitrogen and oxygen atoms in total. The number of nitrogens with zero attached hydrogens (tertiary/aromatic N) is 2. The third-order valence-electron chi connectivity index (χ3n) is 2.94. The molecule has 1 unspecified atom stereocenters. The summed E-state index contributed by atoms with van der Waals surface area (Å²) in [4.78, 5) is 10.6. The van der Waals surface area contributed by atoms with Crippen LogP contribution in [0.5, 0.6) is 0 Å². The van der Waals surface area contributed by atoms with Gasteiger partial charge in [-0.3, -0.25) is 9.48 Å². The molecule has 1 N–H and O–H groups in total. The first-order valence-corrected chi connectivity index (χ1v) is 4.87. The smallest absolute Gasteiger partial charge is 0.325 e. The average Bonchev–Trinajstić information content (AvgIpc) is 2.57. The summed E-state index contributed by atoms with van der Waals surface area (Å²) in [5.74, 6) is -0.347. The molecule has 0 amide bonds. The number of hydrogen-bond donors (Lipinski definition) is 1. The number of hydrogen-bond acceptors (Lipinski definition) is 2. The molecule has 0 saturated heterocycles. The Labute approximate surface area is 82.5 Å². The van der Waals surface area contributed by atoms with E-state index in [9.17, 15) is 4.79 Å². The molecule has 1 aliphatic carbocycles. The molecule has 1 aliphatic rings. The van der Waals surface area contributed by atoms with Crippen LogP contribution in [-0.4, -0.2) is 20.9 Å². The van der Waals surface area contributed by atoms with E-state index in [0.29, 0.717) is 5.92 Å². The van der Waals surface area contributed by atoms with Crippen LogP contribution in [0.4, 0.5) is 0 Å². The molecule has 0 spiro atoms. The van der Waals surface area contributed by atoms with Gasteiger partial charge in [-0.05, 0) is 25.3 Å². The molecule has 0 fully saturated rings. The molecule has 1 atom stereocenters. The van der Waals surface area contributed by atoms with Gasteiger partial charge < -0.3 is 5.11 Å². The Bertz CT molecular complexity index is 382. The number of rotatable bonds is 2. The van der Waals surface area contributed by atoms with Crippen molar-refractivity contribution in [2.24, 2.45) is 0 Å². The van der Waals surface area contributed by atoms with Crippen LogP contribution in [0.1, 0.15) is 36.2 Å². The van der Waals surface area contributed by atoms with Gasteiger partial charge in [0.2, 0.25) is 0 Å². The second-order valence-corrected chi connectivity index (χ2v) is 3.94. The van der Waals surface area contributed by atoms with Crippen LogP contribution in [0.25, 0.3) is 0 Å². The number of carboxylic acids is 1. The zero-order valence-corrected chi connectivity index (χ0v) is 8.45. The molecule has 0 aliphatic heterocycles. The minimum atomic E-state index is -0.832. The van der Waals surface area contributed by atoms with Gasteiger partial charge in [0.15, 0.2) is 0 Å². The van der Waals surface area contributed by atoms with Crippen molar-refractivity contribution in [2.75, 3.05) is 0 Å². The maximum Gasteiger partial charge on any atom is 0.325 e. The van der Waals surface area contributed by atoms with Gasteiger partial charge in [-0.15, -0.1) is 0 Å². The van der Waals surface area contributed by atoms with Crippen LogP contribution >= 0.6 is 0 Å². The third kappa shape index (κ3) is 1.31. The lowest BCUT2D eigenvalue weighted by Gasteiger charge is -2.02. The Morgan fingerprint density at radius 2 is 2.43 bits per heavy atom. The lowest BCUT2D eigenvalue weighted by molar-refractivity contribution is -0.137. The molecule has 76 valence electrons. The fourth-order valence-electron chi connectivity index (χ4n) is 2.09. The second kappa shape index (κ2) is 3.12. The van der Waals surface area contributed by atoms with Crippen molar-refractivity contribution in [3.63, 3.8) is 0 Å². The maximum absolute atomic E-state index is 10.6. The summed E-state index contributed by atoms with van der Waals surface area (Å²) in [5, 5.41) is 13.0. The second-order valence-electron chi connectivity index (χ2n) is 3.94. The molecule has 1 aromatic rings. The highest BCUT2D eigenvalue weighted by Crippen LogP contribution is 2.33. The van der Waals surface area contributed by atoms with E-state index in [-0.39, 0.29) is 6.54 Å². The number of fused-ring (bicyclic) bond motifs is 1. The molecule has 0 bridgehead atoms. The lowest BCUT2D eigenvalue weighted by Crippen LogP contribution is -2.12. The summed E-state index contributed by atoms with van der Waals surface area (Å²) >= 11 is 0. The molecule has 0 aromatic carbocycles. The first-order valence-electron chi connectivity index (χ1n) is 4.87. The van der Waals surface area contributed by atoms with Crippen LogP contribution in [0, 0.1) is 6.92 Å². The fraction of sp³-hybridized carbons (Fsp3) is 0.600. The average molecular weight is 194 g/mol. The number of aliphatic carboxylic acids is 1. The zero-order chi connectivity index (χ0) is 10.3. The summed E-state index contributed by atoms with van der Waals surface area (Å²) < 4.78 is 1.60. The predicted molar refractivity (Wildman–Crippen MR) is 51.3 cm³/mol. The van der Waals surface area contributed by atoms with E-state index in [4.69, 9.17) is 5.11 Å². The van der Waals surface area contributed by atoms with E-state index >= 15 is 0 Å². The Hall–Kier alpha value is -1.32. The van der Waals surface area contributed by atoms with Crippen LogP contribution in [-0.2, 0) is 17.8 Å². The predicted octanol–water partition coefficient (Wildman–Crippen LogP) is 1.33. The topological polar surface area (TPSA) is 55.1 Å². The van der Waals surface area contributed by atoms with Crippen LogP contribution < -0.4 is 0 Å². The highest BCUT2D eigenvalue weighted by atomic mass is 16.4. The minimum absolute atomic E-state index is 0.0223. The molecule has 0 saturated carbocycles. The maximum atomic E-state index is 10.6. The summed E-state index contributed by atoms with van der Waals surface area (Å²) in [6.45, 7) is 4.07. The van der Waals surface area contributed by atoms with E-state index in [1.807, 2.05) is 6.92 Å². The van der Waals surface area contributed by atoms with Gasteiger partial charge in [0.1, 0.15) is 6.54 Å². The van der Waals surface area contributed by atoms with Crippen LogP contribution in [0.15, 0.2) is 0 Å². The number of carboxylic acid groups (broad SMARTS) is 1. The van der Waals surface area contributed by atoms with Crippen molar-refractivity contribution in [2.45, 2.75) is 39.2 Å². The Balaban J connectivity index is 2.37. The summed E-state index contributed by atoms with van der Waals surface area (Å²) in [6, 6.07) is 0. The molecule has 1 aromatic heterocycles. The van der Waals surface area contributed by atoms with Crippen LogP contribution in [0.3, 0.4) is 0 Å². The van der Waals surface area contributed by atoms with Crippen molar-refractivity contribution < 1.29 is 9.90 Å². The Morgan fingerprint density at radius 1 is 1.71 bits per heavy atom. The van der Waals surface area contributed by atoms with Crippen molar-refractivity contribution in [1.82, 2.24) is 9.78 Å². The van der Waals surface area contributed by atoms with Crippen LogP contribution in [0.2, 0.25) is 0 Å². The molecule has 1 heterocycles. The van der Waals surface area contributed by atoms with E-state index < -0.39 is 5.97 Å². The van der Waals surface area contributed by atoms with E-state index in [1.54, 1.807) is 4.68 Å². The molecule has 4 heteroatoms. The van der Waals surface area contributed by atoms with Gasteiger partial charge in [0.25, 0.3) is 0 Å². The van der Waals surface area contributed by atoms with E-state index in [1.165, 1.54) is 5.56 Å². The van der Waals surface area contributed by atoms with Crippen molar-refractivity contribution in [1.29, 1.82) is 0 Å². The van der Waals surface area contributed by atoms with Gasteiger partial charge >= 0.3 is 5.97 Å². The first-order chi connectivity index (χ1) is 6.59. The molecule has 2 rings (SSSR count). The largest absolute Gasteiger partial charge is 0.480 e. The third-order valence-corrected chi connectivity index (χ3v) is 2.94. The van der Waals surface area contributed by atoms with Gasteiger partial charge in [-0.25, -0.2) is 0 Å². The SMILES string of the molecule is Cc1c2c(nn1CC(=O)O)C(C)CC2. The lowest BCUT2D eigenvalue weighted by atomic mass is 10.1. The first kappa shape index (κ1) is 9.24. The van der Waals surface area contributed by atoms with E-state index in [2.05, 4.69) is 12.0 Å². The highest BCUT2D eigenvalue weighted by molar-refractivity contribution is 5.66. The standard InChI is InChI=1S/C10H14N2O2/c1-6-3-4-8-7(2)12(5-9(13)14)11-10(6)8/h6H,3-5H2,1-2H3,(H,13,14). The Kier molecular flexibility index (Phi) is 2.06. The van der Waals surface area contributed by atoms with Gasteiger partial charge in [-0.2, -0.15) is 5.10 Å². The number of carbonyl (C=O) groups is 1. The Morgan fingerprint density at radius 3 is 3.00 bits per heavy atom. The van der Waals surface area contributed by atoms with E-state index in [0.717, 1.165) is 24.2 Å². The molecular formula is C10H14N2O2.